The average Bonchev–Trinajstić information content (AvgIpc) is 3.47. The summed E-state index contributed by atoms with van der Waals surface area (Å²) in [7, 11) is 0. The summed E-state index contributed by atoms with van der Waals surface area (Å²) in [5.41, 5.74) is 5.60. The van der Waals surface area contributed by atoms with Crippen LogP contribution in [0.4, 0.5) is 0 Å². The van der Waals surface area contributed by atoms with Crippen LogP contribution >= 0.6 is 0 Å². The Morgan fingerprint density at radius 3 is 1.70 bits per heavy atom. The second-order valence-electron chi connectivity index (χ2n) is 6.98. The van der Waals surface area contributed by atoms with Crippen molar-refractivity contribution in [3.63, 3.8) is 0 Å². The van der Waals surface area contributed by atoms with Gasteiger partial charge in [0.15, 0.2) is 0 Å². The van der Waals surface area contributed by atoms with E-state index in [-0.39, 0.29) is 0 Å². The number of hydrogen-bond donors (Lipinski definition) is 0. The second-order valence-corrected chi connectivity index (χ2v) is 6.98. The van der Waals surface area contributed by atoms with E-state index >= 15 is 0 Å². The van der Waals surface area contributed by atoms with Gasteiger partial charge in [-0.15, -0.1) is 0 Å². The fraction of sp³-hybridized carbons (Fsp3) is 0.429. The van der Waals surface area contributed by atoms with Gasteiger partial charge in [-0.25, -0.2) is 0 Å². The lowest BCUT2D eigenvalue weighted by atomic mass is 9.92. The first-order valence-corrected chi connectivity index (χ1v) is 8.66. The molecule has 0 spiro atoms. The molecule has 23 heavy (non-hydrogen) atoms. The van der Waals surface area contributed by atoms with Crippen LogP contribution < -0.4 is 0 Å². The van der Waals surface area contributed by atoms with E-state index in [2.05, 4.69) is 55.5 Å². The van der Waals surface area contributed by atoms with Crippen molar-refractivity contribution in [3.8, 4) is 0 Å². The first kappa shape index (κ1) is 14.9. The molecule has 2 nitrogen and oxygen atoms in total. The molecule has 2 heterocycles. The molecular weight excluding hydrogens is 284 g/mol. The van der Waals surface area contributed by atoms with Gasteiger partial charge in [-0.3, -0.25) is 0 Å². The van der Waals surface area contributed by atoms with Crippen LogP contribution in [0.2, 0.25) is 0 Å². The van der Waals surface area contributed by atoms with Crippen molar-refractivity contribution >= 4 is 0 Å². The SMILES string of the molecule is CC(Cc1ccc(CC2CO2)cc1)c1ccc(CC2CO2)cc1. The molecular formula is C21H24O2. The quantitative estimate of drug-likeness (QED) is 0.724. The van der Waals surface area contributed by atoms with Gasteiger partial charge in [-0.2, -0.15) is 0 Å². The lowest BCUT2D eigenvalue weighted by molar-refractivity contribution is 0.407. The van der Waals surface area contributed by atoms with Gasteiger partial charge in [0.25, 0.3) is 0 Å². The minimum Gasteiger partial charge on any atom is -0.373 e. The maximum absolute atomic E-state index is 5.30. The first-order valence-electron chi connectivity index (χ1n) is 8.66. The molecule has 0 N–H and O–H groups in total. The van der Waals surface area contributed by atoms with Crippen LogP contribution in [0, 0.1) is 0 Å². The van der Waals surface area contributed by atoms with Crippen molar-refractivity contribution in [2.75, 3.05) is 13.2 Å². The molecule has 2 aromatic rings. The lowest BCUT2D eigenvalue weighted by Crippen LogP contribution is -2.00. The zero-order valence-electron chi connectivity index (χ0n) is 13.7. The highest BCUT2D eigenvalue weighted by Gasteiger charge is 2.23. The Bertz CT molecular complexity index is 637. The summed E-state index contributed by atoms with van der Waals surface area (Å²) in [6.07, 6.45) is 4.14. The van der Waals surface area contributed by atoms with Crippen molar-refractivity contribution in [1.29, 1.82) is 0 Å². The van der Waals surface area contributed by atoms with Crippen molar-refractivity contribution in [3.05, 3.63) is 70.8 Å². The molecule has 0 saturated carbocycles. The summed E-state index contributed by atoms with van der Waals surface area (Å²) in [6.45, 7) is 4.17. The molecule has 0 bridgehead atoms. The van der Waals surface area contributed by atoms with E-state index in [1.165, 1.54) is 22.3 Å². The van der Waals surface area contributed by atoms with E-state index in [1.54, 1.807) is 0 Å². The minimum absolute atomic E-state index is 0.470. The minimum atomic E-state index is 0.470. The van der Waals surface area contributed by atoms with Crippen LogP contribution in [0.1, 0.15) is 35.1 Å². The van der Waals surface area contributed by atoms with Gasteiger partial charge < -0.3 is 9.47 Å². The Balaban J connectivity index is 1.35. The topological polar surface area (TPSA) is 25.1 Å². The third kappa shape index (κ3) is 4.21. The molecule has 0 aromatic heterocycles. The van der Waals surface area contributed by atoms with Crippen molar-refractivity contribution in [1.82, 2.24) is 0 Å². The molecule has 2 saturated heterocycles. The fourth-order valence-corrected chi connectivity index (χ4v) is 3.16. The number of ether oxygens (including phenoxy) is 2. The maximum Gasteiger partial charge on any atom is 0.0850 e. The normalized spacial score (nSPS) is 23.5. The van der Waals surface area contributed by atoms with Crippen LogP contribution in [0.5, 0.6) is 0 Å². The number of benzene rings is 2. The molecule has 2 aliphatic heterocycles. The number of rotatable bonds is 7. The van der Waals surface area contributed by atoms with Crippen LogP contribution in [0.25, 0.3) is 0 Å². The van der Waals surface area contributed by atoms with E-state index in [1.807, 2.05) is 0 Å². The van der Waals surface area contributed by atoms with Crippen LogP contribution in [0.3, 0.4) is 0 Å². The molecule has 0 amide bonds. The van der Waals surface area contributed by atoms with E-state index in [0.29, 0.717) is 18.1 Å². The summed E-state index contributed by atoms with van der Waals surface area (Å²) in [5, 5.41) is 0. The van der Waals surface area contributed by atoms with Gasteiger partial charge in [-0.1, -0.05) is 55.5 Å². The Kier molecular flexibility index (Phi) is 4.19. The van der Waals surface area contributed by atoms with E-state index < -0.39 is 0 Å². The highest BCUT2D eigenvalue weighted by atomic mass is 16.6. The van der Waals surface area contributed by atoms with Crippen LogP contribution in [-0.2, 0) is 28.7 Å². The smallest absolute Gasteiger partial charge is 0.0850 e. The maximum atomic E-state index is 5.30. The van der Waals surface area contributed by atoms with Gasteiger partial charge in [-0.05, 0) is 34.6 Å². The highest BCUT2D eigenvalue weighted by molar-refractivity contribution is 5.29. The second kappa shape index (κ2) is 6.46. The predicted octanol–water partition coefficient (Wildman–Crippen LogP) is 3.92. The molecule has 3 unspecified atom stereocenters. The Morgan fingerprint density at radius 2 is 1.22 bits per heavy atom. The predicted molar refractivity (Wildman–Crippen MR) is 91.9 cm³/mol. The van der Waals surface area contributed by atoms with E-state index in [4.69, 9.17) is 9.47 Å². The molecule has 2 heteroatoms. The lowest BCUT2D eigenvalue weighted by Gasteiger charge is -2.13. The zero-order valence-corrected chi connectivity index (χ0v) is 13.7. The summed E-state index contributed by atoms with van der Waals surface area (Å²) in [4.78, 5) is 0. The van der Waals surface area contributed by atoms with Crippen molar-refractivity contribution in [2.24, 2.45) is 0 Å². The van der Waals surface area contributed by atoms with Gasteiger partial charge in [0.1, 0.15) is 0 Å². The summed E-state index contributed by atoms with van der Waals surface area (Å²) in [5.74, 6) is 0.541. The Labute approximate surface area is 138 Å². The van der Waals surface area contributed by atoms with Crippen LogP contribution in [-0.4, -0.2) is 25.4 Å². The Hall–Kier alpha value is -1.64. The third-order valence-electron chi connectivity index (χ3n) is 4.85. The van der Waals surface area contributed by atoms with Crippen molar-refractivity contribution in [2.45, 2.75) is 44.3 Å². The van der Waals surface area contributed by atoms with Gasteiger partial charge in [0, 0.05) is 12.8 Å². The van der Waals surface area contributed by atoms with E-state index in [9.17, 15) is 0 Å². The van der Waals surface area contributed by atoms with Crippen LogP contribution in [0.15, 0.2) is 48.5 Å². The van der Waals surface area contributed by atoms with Crippen molar-refractivity contribution < 1.29 is 9.47 Å². The number of epoxide rings is 2. The van der Waals surface area contributed by atoms with E-state index in [0.717, 1.165) is 32.5 Å². The molecule has 2 aliphatic rings. The fourth-order valence-electron chi connectivity index (χ4n) is 3.16. The summed E-state index contributed by atoms with van der Waals surface area (Å²) in [6, 6.07) is 18.1. The molecule has 2 aromatic carbocycles. The van der Waals surface area contributed by atoms with Gasteiger partial charge in [0.2, 0.25) is 0 Å². The molecule has 120 valence electrons. The molecule has 0 radical (unpaired) electrons. The zero-order chi connectivity index (χ0) is 15.6. The third-order valence-corrected chi connectivity index (χ3v) is 4.85. The first-order chi connectivity index (χ1) is 11.3. The Morgan fingerprint density at radius 1 is 0.783 bits per heavy atom. The monoisotopic (exact) mass is 308 g/mol. The summed E-state index contributed by atoms with van der Waals surface area (Å²) < 4.78 is 10.6. The van der Waals surface area contributed by atoms with Gasteiger partial charge in [0.05, 0.1) is 25.4 Å². The standard InChI is InChI=1S/C21H24O2/c1-15(19-8-6-18(7-9-19)12-21-14-23-21)10-16-2-4-17(5-3-16)11-20-13-22-20/h2-9,15,20-21H,10-14H2,1H3. The van der Waals surface area contributed by atoms with Gasteiger partial charge >= 0.3 is 0 Å². The molecule has 3 atom stereocenters. The molecule has 2 fully saturated rings. The average molecular weight is 308 g/mol. The molecule has 0 aliphatic carbocycles. The largest absolute Gasteiger partial charge is 0.373 e. The highest BCUT2D eigenvalue weighted by Crippen LogP contribution is 2.23. The molecule has 4 rings (SSSR count). The number of hydrogen-bond acceptors (Lipinski definition) is 2. The summed E-state index contributed by atoms with van der Waals surface area (Å²) >= 11 is 0.